The van der Waals surface area contributed by atoms with Crippen molar-refractivity contribution in [3.63, 3.8) is 0 Å². The zero-order valence-corrected chi connectivity index (χ0v) is 17.3. The molecule has 1 aliphatic heterocycles. The maximum atomic E-state index is 4.90. The van der Waals surface area contributed by atoms with E-state index < -0.39 is 0 Å². The van der Waals surface area contributed by atoms with E-state index >= 15 is 0 Å². The summed E-state index contributed by atoms with van der Waals surface area (Å²) in [6.07, 6.45) is 0.972. The van der Waals surface area contributed by atoms with Gasteiger partial charge in [0, 0.05) is 65.9 Å². The fourth-order valence-corrected chi connectivity index (χ4v) is 3.39. The molecule has 27 heavy (non-hydrogen) atoms. The molecule has 1 aromatic carbocycles. The molecule has 3 rings (SSSR count). The monoisotopic (exact) mass is 368 g/mol. The van der Waals surface area contributed by atoms with E-state index in [1.54, 1.807) is 0 Å². The number of benzene rings is 1. The normalized spacial score (nSPS) is 14.3. The van der Waals surface area contributed by atoms with E-state index in [1.165, 1.54) is 16.8 Å². The van der Waals surface area contributed by atoms with Gasteiger partial charge in [-0.25, -0.2) is 4.98 Å². The molecule has 1 aromatic heterocycles. The highest BCUT2D eigenvalue weighted by Crippen LogP contribution is 2.28. The van der Waals surface area contributed by atoms with Crippen molar-refractivity contribution in [3.8, 4) is 0 Å². The molecular formula is C21H32N6. The van der Waals surface area contributed by atoms with Gasteiger partial charge in [-0.2, -0.15) is 4.98 Å². The molecule has 0 spiro atoms. The average Bonchev–Trinajstić information content (AvgIpc) is 2.66. The SMILES string of the molecule is CN(C)CCN(C)c1nc(N(C)C)nc2c1CN(Cc1ccccc1)CC2. The molecule has 1 aliphatic rings. The Kier molecular flexibility index (Phi) is 6.29. The molecular weight excluding hydrogens is 336 g/mol. The van der Waals surface area contributed by atoms with Crippen molar-refractivity contribution >= 4 is 11.8 Å². The van der Waals surface area contributed by atoms with Gasteiger partial charge in [-0.3, -0.25) is 4.90 Å². The number of likely N-dealkylation sites (N-methyl/N-ethyl adjacent to an activating group) is 2. The first-order valence-corrected chi connectivity index (χ1v) is 9.63. The Morgan fingerprint density at radius 2 is 1.70 bits per heavy atom. The molecule has 0 N–H and O–H groups in total. The number of hydrogen-bond acceptors (Lipinski definition) is 6. The molecule has 0 atom stereocenters. The fourth-order valence-electron chi connectivity index (χ4n) is 3.39. The number of fused-ring (bicyclic) bond motifs is 1. The molecule has 0 bridgehead atoms. The first-order valence-electron chi connectivity index (χ1n) is 9.63. The van der Waals surface area contributed by atoms with Crippen molar-refractivity contribution in [2.45, 2.75) is 19.5 Å². The predicted molar refractivity (Wildman–Crippen MR) is 112 cm³/mol. The minimum atomic E-state index is 0.803. The summed E-state index contributed by atoms with van der Waals surface area (Å²) in [4.78, 5) is 18.7. The second kappa shape index (κ2) is 8.67. The van der Waals surface area contributed by atoms with Crippen LogP contribution >= 0.6 is 0 Å². The summed E-state index contributed by atoms with van der Waals surface area (Å²) in [5.74, 6) is 1.88. The van der Waals surface area contributed by atoms with Gasteiger partial charge >= 0.3 is 0 Å². The van der Waals surface area contributed by atoms with Crippen LogP contribution in [0.15, 0.2) is 30.3 Å². The number of aromatic nitrogens is 2. The lowest BCUT2D eigenvalue weighted by Gasteiger charge is -2.32. The number of nitrogens with zero attached hydrogens (tertiary/aromatic N) is 6. The van der Waals surface area contributed by atoms with E-state index in [9.17, 15) is 0 Å². The van der Waals surface area contributed by atoms with Crippen molar-refractivity contribution in [1.82, 2.24) is 19.8 Å². The van der Waals surface area contributed by atoms with Crippen LogP contribution in [-0.4, -0.2) is 74.6 Å². The second-order valence-electron chi connectivity index (χ2n) is 7.84. The van der Waals surface area contributed by atoms with Gasteiger partial charge in [-0.05, 0) is 19.7 Å². The quantitative estimate of drug-likeness (QED) is 0.745. The van der Waals surface area contributed by atoms with E-state index in [-0.39, 0.29) is 0 Å². The van der Waals surface area contributed by atoms with Crippen LogP contribution in [0.3, 0.4) is 0 Å². The highest BCUT2D eigenvalue weighted by atomic mass is 15.3. The summed E-state index contributed by atoms with van der Waals surface area (Å²) < 4.78 is 0. The van der Waals surface area contributed by atoms with Crippen LogP contribution in [0.25, 0.3) is 0 Å². The molecule has 0 saturated heterocycles. The molecule has 0 unspecified atom stereocenters. The Morgan fingerprint density at radius 1 is 0.963 bits per heavy atom. The van der Waals surface area contributed by atoms with E-state index in [0.717, 1.165) is 50.9 Å². The maximum Gasteiger partial charge on any atom is 0.227 e. The van der Waals surface area contributed by atoms with E-state index in [4.69, 9.17) is 9.97 Å². The third-order valence-corrected chi connectivity index (χ3v) is 5.00. The van der Waals surface area contributed by atoms with Gasteiger partial charge in [0.1, 0.15) is 5.82 Å². The standard InChI is InChI=1S/C21H32N6/c1-24(2)13-14-26(5)20-18-16-27(15-17-9-7-6-8-10-17)12-11-19(18)22-21(23-20)25(3)4/h6-10H,11-16H2,1-5H3. The molecule has 6 heteroatoms. The number of hydrogen-bond donors (Lipinski definition) is 0. The van der Waals surface area contributed by atoms with Gasteiger partial charge in [0.25, 0.3) is 0 Å². The molecule has 0 fully saturated rings. The Balaban J connectivity index is 1.85. The lowest BCUT2D eigenvalue weighted by Crippen LogP contribution is -2.35. The van der Waals surface area contributed by atoms with Gasteiger partial charge in [-0.15, -0.1) is 0 Å². The summed E-state index contributed by atoms with van der Waals surface area (Å²) in [5, 5.41) is 0. The molecule has 0 aliphatic carbocycles. The Bertz CT molecular complexity index is 744. The summed E-state index contributed by atoms with van der Waals surface area (Å²) in [6.45, 7) is 4.85. The maximum absolute atomic E-state index is 4.90. The molecule has 2 aromatic rings. The Morgan fingerprint density at radius 3 is 2.37 bits per heavy atom. The minimum absolute atomic E-state index is 0.803. The van der Waals surface area contributed by atoms with Crippen LogP contribution in [0.2, 0.25) is 0 Å². The highest BCUT2D eigenvalue weighted by molar-refractivity contribution is 5.53. The zero-order chi connectivity index (χ0) is 19.4. The highest BCUT2D eigenvalue weighted by Gasteiger charge is 2.24. The fraction of sp³-hybridized carbons (Fsp3) is 0.524. The third-order valence-electron chi connectivity index (χ3n) is 5.00. The first-order chi connectivity index (χ1) is 12.9. The van der Waals surface area contributed by atoms with E-state index in [0.29, 0.717) is 0 Å². The smallest absolute Gasteiger partial charge is 0.227 e. The van der Waals surface area contributed by atoms with Crippen LogP contribution in [0.4, 0.5) is 11.8 Å². The minimum Gasteiger partial charge on any atom is -0.358 e. The summed E-state index contributed by atoms with van der Waals surface area (Å²) in [7, 11) is 10.4. The van der Waals surface area contributed by atoms with Gasteiger partial charge in [0.15, 0.2) is 0 Å². The first kappa shape index (κ1) is 19.6. The zero-order valence-electron chi connectivity index (χ0n) is 17.3. The Labute approximate surface area is 163 Å². The van der Waals surface area contributed by atoms with Crippen LogP contribution < -0.4 is 9.80 Å². The molecule has 6 nitrogen and oxygen atoms in total. The number of anilines is 2. The van der Waals surface area contributed by atoms with Crippen LogP contribution in [-0.2, 0) is 19.5 Å². The van der Waals surface area contributed by atoms with Crippen molar-refractivity contribution in [1.29, 1.82) is 0 Å². The van der Waals surface area contributed by atoms with Gasteiger partial charge in [0.2, 0.25) is 5.95 Å². The lowest BCUT2D eigenvalue weighted by molar-refractivity contribution is 0.243. The van der Waals surface area contributed by atoms with E-state index in [1.807, 2.05) is 19.0 Å². The molecule has 0 radical (unpaired) electrons. The van der Waals surface area contributed by atoms with Crippen LogP contribution in [0.5, 0.6) is 0 Å². The molecule has 0 saturated carbocycles. The average molecular weight is 369 g/mol. The summed E-state index contributed by atoms with van der Waals surface area (Å²) in [6, 6.07) is 10.7. The van der Waals surface area contributed by atoms with Crippen molar-refractivity contribution < 1.29 is 0 Å². The molecule has 0 amide bonds. The summed E-state index contributed by atoms with van der Waals surface area (Å²) >= 11 is 0. The van der Waals surface area contributed by atoms with Crippen molar-refractivity contribution in [3.05, 3.63) is 47.2 Å². The van der Waals surface area contributed by atoms with Crippen molar-refractivity contribution in [2.24, 2.45) is 0 Å². The molecule has 146 valence electrons. The Hall–Kier alpha value is -2.18. The summed E-state index contributed by atoms with van der Waals surface area (Å²) in [5.41, 5.74) is 3.84. The van der Waals surface area contributed by atoms with Crippen molar-refractivity contribution in [2.75, 3.05) is 64.7 Å². The topological polar surface area (TPSA) is 38.7 Å². The van der Waals surface area contributed by atoms with Crippen LogP contribution in [0.1, 0.15) is 16.8 Å². The van der Waals surface area contributed by atoms with Crippen LogP contribution in [0, 0.1) is 0 Å². The number of rotatable bonds is 7. The third kappa shape index (κ3) is 4.96. The molecule has 2 heterocycles. The largest absolute Gasteiger partial charge is 0.358 e. The predicted octanol–water partition coefficient (Wildman–Crippen LogP) is 2.10. The lowest BCUT2D eigenvalue weighted by atomic mass is 10.0. The van der Waals surface area contributed by atoms with Gasteiger partial charge in [-0.1, -0.05) is 30.3 Å². The second-order valence-corrected chi connectivity index (χ2v) is 7.84. The van der Waals surface area contributed by atoms with Gasteiger partial charge < -0.3 is 14.7 Å². The van der Waals surface area contributed by atoms with E-state index in [2.05, 4.69) is 66.2 Å². The van der Waals surface area contributed by atoms with Gasteiger partial charge in [0.05, 0.1) is 5.69 Å².